The summed E-state index contributed by atoms with van der Waals surface area (Å²) in [5.74, 6) is 0. The van der Waals surface area contributed by atoms with Crippen molar-refractivity contribution in [3.63, 3.8) is 0 Å². The Bertz CT molecular complexity index is 37.3. The van der Waals surface area contributed by atoms with Crippen molar-refractivity contribution in [1.29, 1.82) is 0 Å². The molecule has 1 N–H and O–H groups in total. The van der Waals surface area contributed by atoms with Crippen LogP contribution in [-0.4, -0.2) is 19.5 Å². The van der Waals surface area contributed by atoms with Gasteiger partial charge in [-0.15, -0.1) is 0 Å². The first-order valence-corrected chi connectivity index (χ1v) is 3.51. The van der Waals surface area contributed by atoms with Gasteiger partial charge in [0.25, 0.3) is 0 Å². The maximum absolute atomic E-state index is 8.47. The molecule has 0 aromatic rings. The van der Waals surface area contributed by atoms with Gasteiger partial charge in [-0.25, -0.2) is 0 Å². The van der Waals surface area contributed by atoms with Crippen molar-refractivity contribution >= 4 is 15.3 Å². The molecule has 0 heterocycles. The van der Waals surface area contributed by atoms with Crippen LogP contribution in [0.25, 0.3) is 0 Å². The third-order valence-corrected chi connectivity index (χ3v) is 1.42. The molecule has 0 amide bonds. The van der Waals surface area contributed by atoms with Gasteiger partial charge in [-0.05, 0) is 0 Å². The first-order valence-electron chi connectivity index (χ1n) is 1.89. The van der Waals surface area contributed by atoms with E-state index < -0.39 is 0 Å². The standard InChI is InChI=1S/C4H10OSe/c1-4(2,3)6-5/h5H,1-3H3. The SMILES string of the molecule is CC(C)(C)[Se]O. The van der Waals surface area contributed by atoms with Crippen LogP contribution in [0.1, 0.15) is 20.8 Å². The van der Waals surface area contributed by atoms with Crippen LogP contribution in [0.3, 0.4) is 0 Å². The fourth-order valence-corrected chi connectivity index (χ4v) is 0. The number of hydrogen-bond donors (Lipinski definition) is 1. The quantitative estimate of drug-likeness (QED) is 0.511. The molecule has 0 rings (SSSR count). The molecule has 1 nitrogen and oxygen atoms in total. The fraction of sp³-hybridized carbons (Fsp3) is 1.00. The molecular formula is C4H10OSe. The van der Waals surface area contributed by atoms with Crippen molar-refractivity contribution in [3.8, 4) is 0 Å². The molecule has 0 aliphatic carbocycles. The monoisotopic (exact) mass is 154 g/mol. The van der Waals surface area contributed by atoms with E-state index in [2.05, 4.69) is 0 Å². The summed E-state index contributed by atoms with van der Waals surface area (Å²) in [6, 6.07) is 0. The van der Waals surface area contributed by atoms with Gasteiger partial charge in [0, 0.05) is 0 Å². The summed E-state index contributed by atoms with van der Waals surface area (Å²) < 4.78 is 8.62. The van der Waals surface area contributed by atoms with Crippen LogP contribution in [0, 0.1) is 0 Å². The Kier molecular flexibility index (Phi) is 2.12. The van der Waals surface area contributed by atoms with Gasteiger partial charge in [0.15, 0.2) is 0 Å². The van der Waals surface area contributed by atoms with E-state index in [9.17, 15) is 0 Å². The molecule has 0 bridgehead atoms. The van der Waals surface area contributed by atoms with Crippen LogP contribution in [0.2, 0.25) is 4.31 Å². The van der Waals surface area contributed by atoms with Crippen LogP contribution in [0.4, 0.5) is 0 Å². The van der Waals surface area contributed by atoms with Crippen LogP contribution < -0.4 is 0 Å². The van der Waals surface area contributed by atoms with Crippen molar-refractivity contribution < 1.29 is 4.19 Å². The first-order chi connectivity index (χ1) is 2.56. The summed E-state index contributed by atoms with van der Waals surface area (Å²) in [5, 5.41) is 0. The van der Waals surface area contributed by atoms with Gasteiger partial charge in [-0.1, -0.05) is 0 Å². The summed E-state index contributed by atoms with van der Waals surface area (Å²) in [6.07, 6.45) is 0. The first kappa shape index (κ1) is 6.48. The third kappa shape index (κ3) is 4.48. The van der Waals surface area contributed by atoms with Crippen molar-refractivity contribution in [2.45, 2.75) is 25.1 Å². The molecule has 6 heavy (non-hydrogen) atoms. The zero-order valence-corrected chi connectivity index (χ0v) is 6.07. The summed E-state index contributed by atoms with van der Waals surface area (Å²) in [5.41, 5.74) is 0. The zero-order chi connectivity index (χ0) is 5.21. The predicted octanol–water partition coefficient (Wildman–Crippen LogP) is 0.816. The average Bonchev–Trinajstić information content (AvgIpc) is 1.35. The van der Waals surface area contributed by atoms with Gasteiger partial charge in [-0.2, -0.15) is 0 Å². The second-order valence-electron chi connectivity index (χ2n) is 2.20. The van der Waals surface area contributed by atoms with Gasteiger partial charge in [-0.3, -0.25) is 0 Å². The Labute approximate surface area is 45.2 Å². The molecule has 38 valence electrons. The van der Waals surface area contributed by atoms with E-state index in [0.717, 1.165) is 0 Å². The van der Waals surface area contributed by atoms with Crippen LogP contribution in [0.5, 0.6) is 0 Å². The summed E-state index contributed by atoms with van der Waals surface area (Å²) in [7, 11) is 0. The summed E-state index contributed by atoms with van der Waals surface area (Å²) in [6.45, 7) is 6.06. The van der Waals surface area contributed by atoms with Crippen molar-refractivity contribution in [2.24, 2.45) is 0 Å². The molecule has 0 aromatic carbocycles. The average molecular weight is 153 g/mol. The van der Waals surface area contributed by atoms with E-state index in [4.69, 9.17) is 4.19 Å². The van der Waals surface area contributed by atoms with Crippen molar-refractivity contribution in [1.82, 2.24) is 0 Å². The van der Waals surface area contributed by atoms with E-state index in [1.807, 2.05) is 20.8 Å². The molecule has 0 saturated carbocycles. The topological polar surface area (TPSA) is 20.2 Å². The van der Waals surface area contributed by atoms with E-state index >= 15 is 0 Å². The maximum atomic E-state index is 8.47. The second-order valence-corrected chi connectivity index (χ2v) is 5.16. The zero-order valence-electron chi connectivity index (χ0n) is 4.36. The molecule has 0 spiro atoms. The molecule has 0 saturated heterocycles. The molecule has 0 fully saturated rings. The van der Waals surface area contributed by atoms with Gasteiger partial charge < -0.3 is 0 Å². The Morgan fingerprint density at radius 1 is 1.33 bits per heavy atom. The Morgan fingerprint density at radius 3 is 1.50 bits per heavy atom. The van der Waals surface area contributed by atoms with E-state index in [0.29, 0.717) is 0 Å². The second kappa shape index (κ2) is 1.97. The predicted molar refractivity (Wildman–Crippen MR) is 27.7 cm³/mol. The van der Waals surface area contributed by atoms with E-state index in [-0.39, 0.29) is 19.6 Å². The molecule has 0 aromatic heterocycles. The van der Waals surface area contributed by atoms with Gasteiger partial charge in [0.2, 0.25) is 0 Å². The molecule has 0 aliphatic heterocycles. The van der Waals surface area contributed by atoms with Gasteiger partial charge in [0.1, 0.15) is 0 Å². The minimum atomic E-state index is -0.188. The van der Waals surface area contributed by atoms with Crippen molar-refractivity contribution in [3.05, 3.63) is 0 Å². The minimum absolute atomic E-state index is 0.160. The Morgan fingerprint density at radius 2 is 1.50 bits per heavy atom. The molecular weight excluding hydrogens is 143 g/mol. The van der Waals surface area contributed by atoms with Gasteiger partial charge in [0.05, 0.1) is 0 Å². The normalized spacial score (nSPS) is 12.0. The molecule has 0 radical (unpaired) electrons. The molecule has 0 atom stereocenters. The van der Waals surface area contributed by atoms with Gasteiger partial charge >= 0.3 is 44.6 Å². The fourth-order valence-electron chi connectivity index (χ4n) is 0. The third-order valence-electron chi connectivity index (χ3n) is 0.274. The molecule has 0 unspecified atom stereocenters. The summed E-state index contributed by atoms with van der Waals surface area (Å²) in [4.78, 5) is 0. The van der Waals surface area contributed by atoms with E-state index in [1.54, 1.807) is 0 Å². The van der Waals surface area contributed by atoms with E-state index in [1.165, 1.54) is 0 Å². The van der Waals surface area contributed by atoms with Crippen LogP contribution in [0.15, 0.2) is 0 Å². The Hall–Kier alpha value is 0.479. The summed E-state index contributed by atoms with van der Waals surface area (Å²) >= 11 is -0.188. The molecule has 2 heteroatoms. The Balaban J connectivity index is 3.17. The van der Waals surface area contributed by atoms with Crippen LogP contribution in [-0.2, 0) is 0 Å². The van der Waals surface area contributed by atoms with Crippen LogP contribution >= 0.6 is 0 Å². The molecule has 0 aliphatic rings. The number of hydrogen-bond acceptors (Lipinski definition) is 1. The number of rotatable bonds is 0. The van der Waals surface area contributed by atoms with Crippen molar-refractivity contribution in [2.75, 3.05) is 0 Å².